The summed E-state index contributed by atoms with van der Waals surface area (Å²) in [5.74, 6) is 0. The van der Waals surface area contributed by atoms with Crippen LogP contribution in [0, 0.1) is 0 Å². The number of nitrogens with one attached hydrogen (secondary N) is 1. The molecule has 0 atom stereocenters. The van der Waals surface area contributed by atoms with E-state index in [1.807, 2.05) is 7.05 Å². The van der Waals surface area contributed by atoms with Crippen molar-refractivity contribution in [2.75, 3.05) is 40.9 Å². The first-order valence-corrected chi connectivity index (χ1v) is 6.66. The van der Waals surface area contributed by atoms with Gasteiger partial charge in [-0.1, -0.05) is 24.3 Å². The molecule has 102 valence electrons. The molecule has 18 heavy (non-hydrogen) atoms. The third-order valence-corrected chi connectivity index (χ3v) is 3.03. The Morgan fingerprint density at radius 3 is 2.44 bits per heavy atom. The molecule has 0 aliphatic rings. The van der Waals surface area contributed by atoms with Gasteiger partial charge in [-0.25, -0.2) is 0 Å². The minimum absolute atomic E-state index is 0.841. The first kappa shape index (κ1) is 15.2. The zero-order valence-electron chi connectivity index (χ0n) is 11.9. The van der Waals surface area contributed by atoms with Crippen molar-refractivity contribution in [3.8, 4) is 0 Å². The highest BCUT2D eigenvalue weighted by Gasteiger charge is 2.00. The number of rotatable bonds is 9. The Labute approximate surface area is 111 Å². The van der Waals surface area contributed by atoms with Crippen LogP contribution in [0.2, 0.25) is 0 Å². The van der Waals surface area contributed by atoms with E-state index in [0.29, 0.717) is 0 Å². The molecular formula is C15H26N2O. The molecule has 0 radical (unpaired) electrons. The molecule has 1 N–H and O–H groups in total. The number of methoxy groups -OCH3 is 1. The van der Waals surface area contributed by atoms with Gasteiger partial charge in [-0.2, -0.15) is 0 Å². The highest BCUT2D eigenvalue weighted by molar-refractivity contribution is 5.22. The maximum atomic E-state index is 5.06. The van der Waals surface area contributed by atoms with Crippen molar-refractivity contribution in [1.29, 1.82) is 0 Å². The summed E-state index contributed by atoms with van der Waals surface area (Å²) in [6, 6.07) is 8.93. The first-order chi connectivity index (χ1) is 8.76. The highest BCUT2D eigenvalue weighted by atomic mass is 16.5. The molecule has 0 saturated carbocycles. The van der Waals surface area contributed by atoms with Gasteiger partial charge in [-0.15, -0.1) is 0 Å². The molecule has 1 aromatic carbocycles. The Morgan fingerprint density at radius 2 is 1.83 bits per heavy atom. The van der Waals surface area contributed by atoms with Crippen molar-refractivity contribution < 1.29 is 4.74 Å². The summed E-state index contributed by atoms with van der Waals surface area (Å²) in [4.78, 5) is 2.33. The molecule has 0 heterocycles. The Kier molecular flexibility index (Phi) is 7.65. The topological polar surface area (TPSA) is 24.5 Å². The molecule has 0 unspecified atom stereocenters. The van der Waals surface area contributed by atoms with E-state index in [0.717, 1.165) is 39.1 Å². The Balaban J connectivity index is 2.33. The molecule has 0 spiro atoms. The van der Waals surface area contributed by atoms with Crippen molar-refractivity contribution in [2.24, 2.45) is 0 Å². The monoisotopic (exact) mass is 250 g/mol. The van der Waals surface area contributed by atoms with E-state index in [4.69, 9.17) is 4.74 Å². The summed E-state index contributed by atoms with van der Waals surface area (Å²) in [7, 11) is 5.90. The minimum atomic E-state index is 0.841. The summed E-state index contributed by atoms with van der Waals surface area (Å²) < 4.78 is 5.06. The van der Waals surface area contributed by atoms with E-state index in [1.54, 1.807) is 7.11 Å². The summed E-state index contributed by atoms with van der Waals surface area (Å²) >= 11 is 0. The highest BCUT2D eigenvalue weighted by Crippen LogP contribution is 2.07. The fourth-order valence-corrected chi connectivity index (χ4v) is 1.95. The molecule has 1 aromatic rings. The van der Waals surface area contributed by atoms with Gasteiger partial charge in [0.25, 0.3) is 0 Å². The van der Waals surface area contributed by atoms with Crippen LogP contribution in [0.5, 0.6) is 0 Å². The van der Waals surface area contributed by atoms with Gasteiger partial charge in [-0.05, 0) is 44.6 Å². The Morgan fingerprint density at radius 1 is 1.17 bits per heavy atom. The maximum Gasteiger partial charge on any atom is 0.0474 e. The second-order valence-corrected chi connectivity index (χ2v) is 4.75. The average Bonchev–Trinajstić information content (AvgIpc) is 2.38. The van der Waals surface area contributed by atoms with E-state index in [9.17, 15) is 0 Å². The van der Waals surface area contributed by atoms with Crippen LogP contribution in [0.15, 0.2) is 24.3 Å². The lowest BCUT2D eigenvalue weighted by atomic mass is 10.1. The van der Waals surface area contributed by atoms with E-state index in [2.05, 4.69) is 41.5 Å². The van der Waals surface area contributed by atoms with Gasteiger partial charge in [0, 0.05) is 26.8 Å². The third-order valence-electron chi connectivity index (χ3n) is 3.03. The number of hydrogen-bond acceptors (Lipinski definition) is 3. The van der Waals surface area contributed by atoms with E-state index < -0.39 is 0 Å². The molecule has 0 aliphatic carbocycles. The number of likely N-dealkylation sites (N-methyl/N-ethyl adjacent to an activating group) is 1. The van der Waals surface area contributed by atoms with Gasteiger partial charge in [-0.3, -0.25) is 0 Å². The zero-order valence-corrected chi connectivity index (χ0v) is 11.9. The van der Waals surface area contributed by atoms with Crippen LogP contribution >= 0.6 is 0 Å². The summed E-state index contributed by atoms with van der Waals surface area (Å²) in [5, 5.41) is 3.17. The zero-order chi connectivity index (χ0) is 13.2. The largest absolute Gasteiger partial charge is 0.385 e. The average molecular weight is 250 g/mol. The van der Waals surface area contributed by atoms with Crippen LogP contribution in [-0.4, -0.2) is 45.8 Å². The van der Waals surface area contributed by atoms with Crippen LogP contribution < -0.4 is 5.32 Å². The lowest BCUT2D eigenvalue weighted by Gasteiger charge is -2.16. The normalized spacial score (nSPS) is 11.1. The van der Waals surface area contributed by atoms with E-state index >= 15 is 0 Å². The Hall–Kier alpha value is -0.900. The van der Waals surface area contributed by atoms with Crippen LogP contribution in [0.4, 0.5) is 0 Å². The van der Waals surface area contributed by atoms with E-state index in [1.165, 1.54) is 11.1 Å². The van der Waals surface area contributed by atoms with Gasteiger partial charge in [0.15, 0.2) is 0 Å². The van der Waals surface area contributed by atoms with Crippen molar-refractivity contribution in [2.45, 2.75) is 19.4 Å². The minimum Gasteiger partial charge on any atom is -0.385 e. The fraction of sp³-hybridized carbons (Fsp3) is 0.600. The van der Waals surface area contributed by atoms with Crippen molar-refractivity contribution in [3.05, 3.63) is 35.4 Å². The molecule has 1 rings (SSSR count). The molecule has 0 bridgehead atoms. The molecule has 0 fully saturated rings. The van der Waals surface area contributed by atoms with Gasteiger partial charge >= 0.3 is 0 Å². The van der Waals surface area contributed by atoms with Crippen LogP contribution in [0.25, 0.3) is 0 Å². The summed E-state index contributed by atoms with van der Waals surface area (Å²) in [6.07, 6.45) is 2.19. The van der Waals surface area contributed by atoms with Gasteiger partial charge in [0.1, 0.15) is 0 Å². The van der Waals surface area contributed by atoms with Crippen molar-refractivity contribution in [3.63, 3.8) is 0 Å². The molecule has 0 aliphatic heterocycles. The molecule has 3 heteroatoms. The second kappa shape index (κ2) is 9.09. The van der Waals surface area contributed by atoms with Gasteiger partial charge in [0.2, 0.25) is 0 Å². The predicted molar refractivity (Wildman–Crippen MR) is 76.9 cm³/mol. The quantitative estimate of drug-likeness (QED) is 0.678. The number of nitrogens with zero attached hydrogens (tertiary/aromatic N) is 1. The number of ether oxygens (including phenoxy) is 1. The summed E-state index contributed by atoms with van der Waals surface area (Å²) in [5.41, 5.74) is 2.78. The molecule has 3 nitrogen and oxygen atoms in total. The maximum absolute atomic E-state index is 5.06. The van der Waals surface area contributed by atoms with Gasteiger partial charge < -0.3 is 15.0 Å². The van der Waals surface area contributed by atoms with Crippen LogP contribution in [-0.2, 0) is 17.7 Å². The second-order valence-electron chi connectivity index (χ2n) is 4.75. The predicted octanol–water partition coefficient (Wildman–Crippen LogP) is 1.92. The smallest absolute Gasteiger partial charge is 0.0474 e. The standard InChI is InChI=1S/C15H26N2O/c1-16-10-9-14-5-7-15(8-6-14)13-17(2)11-4-12-18-3/h5-8,16H,4,9-13H2,1-3H3. The van der Waals surface area contributed by atoms with Crippen molar-refractivity contribution in [1.82, 2.24) is 10.2 Å². The summed E-state index contributed by atoms with van der Waals surface area (Å²) in [6.45, 7) is 3.97. The lowest BCUT2D eigenvalue weighted by Crippen LogP contribution is -2.20. The number of hydrogen-bond donors (Lipinski definition) is 1. The van der Waals surface area contributed by atoms with Gasteiger partial charge in [0.05, 0.1) is 0 Å². The fourth-order valence-electron chi connectivity index (χ4n) is 1.95. The van der Waals surface area contributed by atoms with Crippen LogP contribution in [0.3, 0.4) is 0 Å². The first-order valence-electron chi connectivity index (χ1n) is 6.66. The SMILES string of the molecule is CNCCc1ccc(CN(C)CCCOC)cc1. The lowest BCUT2D eigenvalue weighted by molar-refractivity contribution is 0.178. The number of benzene rings is 1. The molecule has 0 aromatic heterocycles. The van der Waals surface area contributed by atoms with E-state index in [-0.39, 0.29) is 0 Å². The molecule has 0 amide bonds. The third kappa shape index (κ3) is 6.15. The van der Waals surface area contributed by atoms with Crippen LogP contribution in [0.1, 0.15) is 17.5 Å². The van der Waals surface area contributed by atoms with Crippen molar-refractivity contribution >= 4 is 0 Å². The molecular weight excluding hydrogens is 224 g/mol. The Bertz CT molecular complexity index is 311. The molecule has 0 saturated heterocycles.